The normalized spacial score (nSPS) is 10.2. The average molecular weight is 294 g/mol. The minimum atomic E-state index is 1.04. The van der Waals surface area contributed by atoms with Crippen molar-refractivity contribution in [1.82, 2.24) is 0 Å². The molecule has 0 nitrogen and oxygen atoms in total. The summed E-state index contributed by atoms with van der Waals surface area (Å²) in [5.41, 5.74) is 5.90. The highest BCUT2D eigenvalue weighted by molar-refractivity contribution is 5.40. The zero-order chi connectivity index (χ0) is 16.2. The highest BCUT2D eigenvalue weighted by Crippen LogP contribution is 2.23. The molecule has 0 aliphatic rings. The van der Waals surface area contributed by atoms with Crippen LogP contribution in [0.3, 0.4) is 0 Å². The Hall–Kier alpha value is -1.82. The summed E-state index contributed by atoms with van der Waals surface area (Å²) in [4.78, 5) is 0. The molecular weight excluding hydrogens is 264 g/mol. The van der Waals surface area contributed by atoms with Crippen molar-refractivity contribution in [2.45, 2.75) is 51.4 Å². The molecule has 0 saturated carbocycles. The zero-order valence-corrected chi connectivity index (χ0v) is 13.9. The van der Waals surface area contributed by atoms with E-state index in [-0.39, 0.29) is 0 Å². The van der Waals surface area contributed by atoms with Gasteiger partial charge in [-0.2, -0.15) is 0 Å². The van der Waals surface area contributed by atoms with E-state index in [1.54, 1.807) is 0 Å². The monoisotopic (exact) mass is 294 g/mol. The van der Waals surface area contributed by atoms with E-state index in [9.17, 15) is 0 Å². The Morgan fingerprint density at radius 3 is 0.909 bits per heavy atom. The van der Waals surface area contributed by atoms with Gasteiger partial charge in [-0.3, -0.25) is 0 Å². The quantitative estimate of drug-likeness (QED) is 0.405. The second-order valence-electron chi connectivity index (χ2n) is 5.70. The Kier molecular flexibility index (Phi) is 8.98. The molecule has 1 aromatic rings. The fourth-order valence-electron chi connectivity index (χ4n) is 2.75. The predicted molar refractivity (Wildman–Crippen MR) is 101 cm³/mol. The van der Waals surface area contributed by atoms with Gasteiger partial charge < -0.3 is 0 Å². The molecule has 0 spiro atoms. The minimum absolute atomic E-state index is 1.04. The molecular formula is C22H30. The summed E-state index contributed by atoms with van der Waals surface area (Å²) in [6.45, 7) is 15.4. The lowest BCUT2D eigenvalue weighted by Gasteiger charge is -2.16. The van der Waals surface area contributed by atoms with Crippen LogP contribution in [0.1, 0.15) is 47.9 Å². The van der Waals surface area contributed by atoms with Crippen molar-refractivity contribution in [3.63, 3.8) is 0 Å². The second kappa shape index (κ2) is 10.8. The number of aryl methyl sites for hydroxylation is 4. The molecule has 0 aliphatic carbocycles. The summed E-state index contributed by atoms with van der Waals surface area (Å²) >= 11 is 0. The third-order valence-electron chi connectivity index (χ3n) is 3.99. The molecule has 0 saturated heterocycles. The molecule has 118 valence electrons. The molecule has 0 aliphatic heterocycles. The Balaban J connectivity index is 3.14. The van der Waals surface area contributed by atoms with Crippen LogP contribution in [-0.2, 0) is 25.7 Å². The molecule has 0 bridgehead atoms. The molecule has 0 atom stereocenters. The maximum atomic E-state index is 3.86. The van der Waals surface area contributed by atoms with Crippen molar-refractivity contribution in [2.75, 3.05) is 0 Å². The first-order chi connectivity index (χ1) is 10.8. The van der Waals surface area contributed by atoms with Crippen LogP contribution in [-0.4, -0.2) is 0 Å². The standard InChI is InChI=1S/C22H30/c1-5-9-13-19-17-21(15-11-7-3)22(16-12-8-4)18-20(19)14-10-6-2/h5-8,17-18H,1-4,9-16H2. The van der Waals surface area contributed by atoms with Gasteiger partial charge in [-0.1, -0.05) is 36.4 Å². The van der Waals surface area contributed by atoms with E-state index in [4.69, 9.17) is 0 Å². The SMILES string of the molecule is C=CCCc1cc(CCC=C)c(CCC=C)cc1CCC=C. The lowest BCUT2D eigenvalue weighted by Crippen LogP contribution is -2.02. The fourth-order valence-corrected chi connectivity index (χ4v) is 2.75. The molecule has 22 heavy (non-hydrogen) atoms. The molecule has 0 heteroatoms. The van der Waals surface area contributed by atoms with E-state index < -0.39 is 0 Å². The fraction of sp³-hybridized carbons (Fsp3) is 0.364. The number of hydrogen-bond acceptors (Lipinski definition) is 0. The lowest BCUT2D eigenvalue weighted by atomic mass is 9.89. The highest BCUT2D eigenvalue weighted by atomic mass is 14.1. The molecule has 0 aromatic heterocycles. The van der Waals surface area contributed by atoms with Gasteiger partial charge in [-0.25, -0.2) is 0 Å². The maximum Gasteiger partial charge on any atom is -0.0241 e. The molecule has 0 unspecified atom stereocenters. The van der Waals surface area contributed by atoms with E-state index in [2.05, 4.69) is 38.4 Å². The van der Waals surface area contributed by atoms with E-state index in [0.29, 0.717) is 0 Å². The van der Waals surface area contributed by atoms with Gasteiger partial charge in [0.15, 0.2) is 0 Å². The van der Waals surface area contributed by atoms with E-state index in [0.717, 1.165) is 51.4 Å². The van der Waals surface area contributed by atoms with Crippen molar-refractivity contribution in [1.29, 1.82) is 0 Å². The first-order valence-corrected chi connectivity index (χ1v) is 8.33. The van der Waals surface area contributed by atoms with Gasteiger partial charge in [0.2, 0.25) is 0 Å². The Labute approximate surface area is 137 Å². The van der Waals surface area contributed by atoms with Gasteiger partial charge in [0.05, 0.1) is 0 Å². The number of hydrogen-bond donors (Lipinski definition) is 0. The van der Waals surface area contributed by atoms with Crippen molar-refractivity contribution < 1.29 is 0 Å². The van der Waals surface area contributed by atoms with Gasteiger partial charge in [-0.05, 0) is 73.6 Å². The molecule has 0 N–H and O–H groups in total. The van der Waals surface area contributed by atoms with Gasteiger partial charge in [0.1, 0.15) is 0 Å². The third-order valence-corrected chi connectivity index (χ3v) is 3.99. The van der Waals surface area contributed by atoms with Gasteiger partial charge >= 0.3 is 0 Å². The van der Waals surface area contributed by atoms with Gasteiger partial charge in [0.25, 0.3) is 0 Å². The van der Waals surface area contributed by atoms with Gasteiger partial charge in [-0.15, -0.1) is 26.3 Å². The van der Waals surface area contributed by atoms with Crippen LogP contribution >= 0.6 is 0 Å². The van der Waals surface area contributed by atoms with Crippen LogP contribution in [0.4, 0.5) is 0 Å². The smallest absolute Gasteiger partial charge is 0.0241 e. The summed E-state index contributed by atoms with van der Waals surface area (Å²) in [7, 11) is 0. The topological polar surface area (TPSA) is 0 Å². The molecule has 0 heterocycles. The average Bonchev–Trinajstić information content (AvgIpc) is 2.55. The number of allylic oxidation sites excluding steroid dienone is 4. The van der Waals surface area contributed by atoms with Crippen LogP contribution in [0.2, 0.25) is 0 Å². The summed E-state index contributed by atoms with van der Waals surface area (Å²) in [5.74, 6) is 0. The maximum absolute atomic E-state index is 3.86. The van der Waals surface area contributed by atoms with Gasteiger partial charge in [0, 0.05) is 0 Å². The van der Waals surface area contributed by atoms with Crippen molar-refractivity contribution >= 4 is 0 Å². The van der Waals surface area contributed by atoms with E-state index >= 15 is 0 Å². The van der Waals surface area contributed by atoms with E-state index in [1.165, 1.54) is 22.3 Å². The zero-order valence-electron chi connectivity index (χ0n) is 13.9. The van der Waals surface area contributed by atoms with Crippen LogP contribution < -0.4 is 0 Å². The summed E-state index contributed by atoms with van der Waals surface area (Å²) in [6.07, 6.45) is 16.5. The van der Waals surface area contributed by atoms with Crippen molar-refractivity contribution in [3.8, 4) is 0 Å². The molecule has 1 rings (SSSR count). The molecule has 1 aromatic carbocycles. The first-order valence-electron chi connectivity index (χ1n) is 8.33. The summed E-state index contributed by atoms with van der Waals surface area (Å²) in [5, 5.41) is 0. The Morgan fingerprint density at radius 1 is 0.500 bits per heavy atom. The first kappa shape index (κ1) is 18.2. The Morgan fingerprint density at radius 2 is 0.727 bits per heavy atom. The molecule has 0 amide bonds. The highest BCUT2D eigenvalue weighted by Gasteiger charge is 2.09. The van der Waals surface area contributed by atoms with Crippen LogP contribution in [0.5, 0.6) is 0 Å². The van der Waals surface area contributed by atoms with Crippen molar-refractivity contribution in [3.05, 3.63) is 85.0 Å². The molecule has 0 radical (unpaired) electrons. The van der Waals surface area contributed by atoms with E-state index in [1.807, 2.05) is 24.3 Å². The second-order valence-corrected chi connectivity index (χ2v) is 5.70. The minimum Gasteiger partial charge on any atom is -0.103 e. The predicted octanol–water partition coefficient (Wildman–Crippen LogP) is 6.16. The lowest BCUT2D eigenvalue weighted by molar-refractivity contribution is 0.880. The number of benzene rings is 1. The number of rotatable bonds is 12. The van der Waals surface area contributed by atoms with Crippen LogP contribution in [0, 0.1) is 0 Å². The van der Waals surface area contributed by atoms with Crippen molar-refractivity contribution in [2.24, 2.45) is 0 Å². The largest absolute Gasteiger partial charge is 0.103 e. The third kappa shape index (κ3) is 5.89. The molecule has 0 fully saturated rings. The van der Waals surface area contributed by atoms with Crippen LogP contribution in [0.25, 0.3) is 0 Å². The summed E-state index contributed by atoms with van der Waals surface area (Å²) < 4.78 is 0. The Bertz CT molecular complexity index is 415. The van der Waals surface area contributed by atoms with Crippen LogP contribution in [0.15, 0.2) is 62.8 Å². The summed E-state index contributed by atoms with van der Waals surface area (Å²) in [6, 6.07) is 4.84.